The van der Waals surface area contributed by atoms with Crippen LogP contribution in [0.4, 0.5) is 17.1 Å². The monoisotopic (exact) mass is 353 g/mol. The molecule has 1 saturated heterocycles. The number of amides is 2. The fraction of sp³-hybridized carbons (Fsp3) is 0.222. The summed E-state index contributed by atoms with van der Waals surface area (Å²) in [6, 6.07) is 10.9. The van der Waals surface area contributed by atoms with E-state index in [1.807, 2.05) is 4.90 Å². The van der Waals surface area contributed by atoms with Crippen LogP contribution in [0.2, 0.25) is 0 Å². The molecular weight excluding hydrogens is 338 g/mol. The van der Waals surface area contributed by atoms with E-state index < -0.39 is 16.7 Å². The zero-order valence-electron chi connectivity index (χ0n) is 13.8. The first-order valence-electron chi connectivity index (χ1n) is 8.17. The molecule has 8 nitrogen and oxygen atoms in total. The predicted octanol–water partition coefficient (Wildman–Crippen LogP) is 2.23. The predicted molar refractivity (Wildman–Crippen MR) is 93.7 cm³/mol. The standard InChI is InChI=1S/C18H15N3O5/c22-17-13-3-1-2-4-14(13)18(23)20(17)12-5-6-15(16(11-12)21(24)25)19-7-9-26-10-8-19/h1-6,11H,7-10H2. The lowest BCUT2D eigenvalue weighted by atomic mass is 10.1. The van der Waals surface area contributed by atoms with Gasteiger partial charge in [-0.3, -0.25) is 19.7 Å². The van der Waals surface area contributed by atoms with Crippen molar-refractivity contribution >= 4 is 28.9 Å². The van der Waals surface area contributed by atoms with Crippen molar-refractivity contribution < 1.29 is 19.2 Å². The summed E-state index contributed by atoms with van der Waals surface area (Å²) in [7, 11) is 0. The number of benzene rings is 2. The lowest BCUT2D eigenvalue weighted by Gasteiger charge is -2.28. The van der Waals surface area contributed by atoms with E-state index >= 15 is 0 Å². The van der Waals surface area contributed by atoms with E-state index in [4.69, 9.17) is 4.74 Å². The summed E-state index contributed by atoms with van der Waals surface area (Å²) in [5.41, 5.74) is 1.12. The van der Waals surface area contributed by atoms with Crippen LogP contribution in [-0.2, 0) is 4.74 Å². The van der Waals surface area contributed by atoms with Crippen molar-refractivity contribution in [1.82, 2.24) is 0 Å². The molecular formula is C18H15N3O5. The van der Waals surface area contributed by atoms with Crippen molar-refractivity contribution in [3.05, 3.63) is 63.7 Å². The van der Waals surface area contributed by atoms with Crippen molar-refractivity contribution in [3.8, 4) is 0 Å². The maximum absolute atomic E-state index is 12.6. The molecule has 26 heavy (non-hydrogen) atoms. The summed E-state index contributed by atoms with van der Waals surface area (Å²) in [5.74, 6) is -0.946. The molecule has 0 unspecified atom stereocenters. The smallest absolute Gasteiger partial charge is 0.294 e. The van der Waals surface area contributed by atoms with Gasteiger partial charge in [0.15, 0.2) is 0 Å². The van der Waals surface area contributed by atoms with Gasteiger partial charge in [-0.2, -0.15) is 0 Å². The van der Waals surface area contributed by atoms with E-state index in [2.05, 4.69) is 0 Å². The van der Waals surface area contributed by atoms with Crippen LogP contribution in [0.25, 0.3) is 0 Å². The van der Waals surface area contributed by atoms with Crippen LogP contribution < -0.4 is 9.80 Å². The molecule has 8 heteroatoms. The van der Waals surface area contributed by atoms with Crippen LogP contribution in [0, 0.1) is 10.1 Å². The van der Waals surface area contributed by atoms with Crippen molar-refractivity contribution in [2.45, 2.75) is 0 Å². The molecule has 0 spiro atoms. The number of morpholine rings is 1. The number of anilines is 2. The second-order valence-electron chi connectivity index (χ2n) is 6.02. The van der Waals surface area contributed by atoms with Gasteiger partial charge in [0.05, 0.1) is 35.0 Å². The number of hydrogen-bond donors (Lipinski definition) is 0. The Morgan fingerprint density at radius 3 is 2.15 bits per heavy atom. The Morgan fingerprint density at radius 2 is 1.58 bits per heavy atom. The maximum Gasteiger partial charge on any atom is 0.294 e. The van der Waals surface area contributed by atoms with Gasteiger partial charge in [0, 0.05) is 19.2 Å². The number of nitro benzene ring substituents is 1. The van der Waals surface area contributed by atoms with Gasteiger partial charge in [-0.25, -0.2) is 4.90 Å². The third-order valence-corrected chi connectivity index (χ3v) is 4.56. The normalized spacial score (nSPS) is 16.8. The molecule has 0 aliphatic carbocycles. The van der Waals surface area contributed by atoms with E-state index in [9.17, 15) is 19.7 Å². The molecule has 0 aromatic heterocycles. The number of hydrogen-bond acceptors (Lipinski definition) is 6. The minimum Gasteiger partial charge on any atom is -0.378 e. The third kappa shape index (κ3) is 2.51. The molecule has 0 saturated carbocycles. The van der Waals surface area contributed by atoms with Gasteiger partial charge in [-0.05, 0) is 24.3 Å². The van der Waals surface area contributed by atoms with Gasteiger partial charge in [-0.1, -0.05) is 12.1 Å². The number of imide groups is 1. The van der Waals surface area contributed by atoms with E-state index in [0.29, 0.717) is 43.1 Å². The molecule has 2 aromatic rings. The average Bonchev–Trinajstić information content (AvgIpc) is 2.93. The molecule has 1 fully saturated rings. The third-order valence-electron chi connectivity index (χ3n) is 4.56. The van der Waals surface area contributed by atoms with E-state index in [0.717, 1.165) is 4.90 Å². The topological polar surface area (TPSA) is 93.0 Å². The van der Waals surface area contributed by atoms with Crippen LogP contribution in [0.5, 0.6) is 0 Å². The maximum atomic E-state index is 12.6. The number of carbonyl (C=O) groups is 2. The van der Waals surface area contributed by atoms with E-state index in [-0.39, 0.29) is 11.4 Å². The first kappa shape index (κ1) is 16.2. The number of rotatable bonds is 3. The van der Waals surface area contributed by atoms with Crippen LogP contribution in [0.3, 0.4) is 0 Å². The highest BCUT2D eigenvalue weighted by atomic mass is 16.6. The Balaban J connectivity index is 1.74. The largest absolute Gasteiger partial charge is 0.378 e. The Labute approximate surface area is 148 Å². The molecule has 132 valence electrons. The molecule has 0 radical (unpaired) electrons. The van der Waals surface area contributed by atoms with Gasteiger partial charge < -0.3 is 9.64 Å². The Hall–Kier alpha value is -3.26. The fourth-order valence-corrected chi connectivity index (χ4v) is 3.29. The molecule has 2 aliphatic rings. The second-order valence-corrected chi connectivity index (χ2v) is 6.02. The lowest BCUT2D eigenvalue weighted by Crippen LogP contribution is -2.36. The molecule has 0 bridgehead atoms. The number of nitro groups is 1. The minimum absolute atomic E-state index is 0.138. The Morgan fingerprint density at radius 1 is 0.962 bits per heavy atom. The van der Waals surface area contributed by atoms with Gasteiger partial charge in [0.1, 0.15) is 5.69 Å². The highest BCUT2D eigenvalue weighted by Crippen LogP contribution is 2.36. The fourth-order valence-electron chi connectivity index (χ4n) is 3.29. The van der Waals surface area contributed by atoms with Crippen molar-refractivity contribution in [1.29, 1.82) is 0 Å². The Kier molecular flexibility index (Phi) is 3.89. The van der Waals surface area contributed by atoms with E-state index in [1.165, 1.54) is 6.07 Å². The lowest BCUT2D eigenvalue weighted by molar-refractivity contribution is -0.384. The van der Waals surface area contributed by atoms with E-state index in [1.54, 1.807) is 36.4 Å². The van der Waals surface area contributed by atoms with Crippen LogP contribution >= 0.6 is 0 Å². The average molecular weight is 353 g/mol. The number of fused-ring (bicyclic) bond motifs is 1. The van der Waals surface area contributed by atoms with Gasteiger partial charge >= 0.3 is 0 Å². The second kappa shape index (κ2) is 6.23. The zero-order valence-corrected chi connectivity index (χ0v) is 13.8. The molecule has 4 rings (SSSR count). The minimum atomic E-state index is -0.494. The quantitative estimate of drug-likeness (QED) is 0.477. The number of ether oxygens (including phenoxy) is 1. The van der Waals surface area contributed by atoms with Gasteiger partial charge in [0.25, 0.3) is 17.5 Å². The first-order chi connectivity index (χ1) is 12.6. The van der Waals surface area contributed by atoms with Crippen LogP contribution in [-0.4, -0.2) is 43.0 Å². The van der Waals surface area contributed by atoms with Crippen molar-refractivity contribution in [3.63, 3.8) is 0 Å². The summed E-state index contributed by atoms with van der Waals surface area (Å²) in [4.78, 5) is 39.1. The Bertz CT molecular complexity index is 886. The SMILES string of the molecule is O=C1c2ccccc2C(=O)N1c1ccc(N2CCOCC2)c([N+](=O)[O-])c1. The first-order valence-corrected chi connectivity index (χ1v) is 8.17. The zero-order chi connectivity index (χ0) is 18.3. The molecule has 2 amide bonds. The molecule has 0 N–H and O–H groups in total. The summed E-state index contributed by atoms with van der Waals surface area (Å²) < 4.78 is 5.28. The van der Waals surface area contributed by atoms with Crippen LogP contribution in [0.1, 0.15) is 20.7 Å². The van der Waals surface area contributed by atoms with Crippen molar-refractivity contribution in [2.24, 2.45) is 0 Å². The molecule has 2 aliphatic heterocycles. The highest BCUT2D eigenvalue weighted by Gasteiger charge is 2.37. The highest BCUT2D eigenvalue weighted by molar-refractivity contribution is 6.34. The van der Waals surface area contributed by atoms with Crippen molar-refractivity contribution in [2.75, 3.05) is 36.1 Å². The summed E-state index contributed by atoms with van der Waals surface area (Å²) >= 11 is 0. The number of carbonyl (C=O) groups excluding carboxylic acids is 2. The van der Waals surface area contributed by atoms with Gasteiger partial charge in [0.2, 0.25) is 0 Å². The number of nitrogens with zero attached hydrogens (tertiary/aromatic N) is 3. The van der Waals surface area contributed by atoms with Crippen LogP contribution in [0.15, 0.2) is 42.5 Å². The molecule has 2 aromatic carbocycles. The van der Waals surface area contributed by atoms with Gasteiger partial charge in [-0.15, -0.1) is 0 Å². The molecule has 0 atom stereocenters. The molecule has 2 heterocycles. The summed E-state index contributed by atoms with van der Waals surface area (Å²) in [5, 5.41) is 11.6. The summed E-state index contributed by atoms with van der Waals surface area (Å²) in [6.07, 6.45) is 0. The summed E-state index contributed by atoms with van der Waals surface area (Å²) in [6.45, 7) is 2.09.